The van der Waals surface area contributed by atoms with Gasteiger partial charge in [0.2, 0.25) is 0 Å². The van der Waals surface area contributed by atoms with Crippen LogP contribution in [0.3, 0.4) is 0 Å². The molecule has 0 bridgehead atoms. The summed E-state index contributed by atoms with van der Waals surface area (Å²) < 4.78 is 5.43. The molecule has 34 heavy (non-hydrogen) atoms. The van der Waals surface area contributed by atoms with Gasteiger partial charge in [-0.1, -0.05) is 47.5 Å². The van der Waals surface area contributed by atoms with Crippen molar-refractivity contribution in [1.29, 1.82) is 0 Å². The topological polar surface area (TPSA) is 77.7 Å². The van der Waals surface area contributed by atoms with E-state index in [0.29, 0.717) is 29.4 Å². The average molecular weight is 515 g/mol. The van der Waals surface area contributed by atoms with E-state index in [1.54, 1.807) is 66.7 Å². The van der Waals surface area contributed by atoms with Gasteiger partial charge in [-0.2, -0.15) is 10.2 Å². The molecule has 3 aromatic rings. The number of amides is 1. The highest BCUT2D eigenvalue weighted by atomic mass is 35.5. The molecule has 1 aliphatic heterocycles. The zero-order chi connectivity index (χ0) is 24.2. The van der Waals surface area contributed by atoms with E-state index in [4.69, 9.17) is 40.2 Å². The van der Waals surface area contributed by atoms with Crippen molar-refractivity contribution in [2.75, 3.05) is 16.4 Å². The van der Waals surface area contributed by atoms with E-state index in [9.17, 15) is 9.90 Å². The van der Waals surface area contributed by atoms with Gasteiger partial charge < -0.3 is 9.84 Å². The van der Waals surface area contributed by atoms with E-state index >= 15 is 0 Å². The number of hydrogen-bond acceptors (Lipinski definition) is 6. The predicted octanol–water partition coefficient (Wildman–Crippen LogP) is 6.00. The van der Waals surface area contributed by atoms with Crippen molar-refractivity contribution in [1.82, 2.24) is 0 Å². The Kier molecular flexibility index (Phi) is 7.43. The molecule has 0 saturated carbocycles. The average Bonchev–Trinajstić information content (AvgIpc) is 2.83. The molecule has 1 aliphatic rings. The van der Waals surface area contributed by atoms with Crippen LogP contribution in [-0.4, -0.2) is 35.0 Å². The lowest BCUT2D eigenvalue weighted by Crippen LogP contribution is -2.64. The normalized spacial score (nSPS) is 18.6. The molecule has 2 unspecified atom stereocenters. The fourth-order valence-corrected chi connectivity index (χ4v) is 4.25. The molecule has 0 aromatic heterocycles. The van der Waals surface area contributed by atoms with Crippen molar-refractivity contribution in [3.63, 3.8) is 0 Å². The largest absolute Gasteiger partial charge is 0.494 e. The molecule has 1 heterocycles. The first-order valence-electron chi connectivity index (χ1n) is 10.4. The maximum absolute atomic E-state index is 13.5. The number of para-hydroxylation sites is 1. The van der Waals surface area contributed by atoms with Crippen LogP contribution in [0.15, 0.2) is 83.0 Å². The molecule has 2 atom stereocenters. The predicted molar refractivity (Wildman–Crippen MR) is 137 cm³/mol. The molecular weight excluding hydrogens is 495 g/mol. The maximum atomic E-state index is 13.5. The Morgan fingerprint density at radius 3 is 2.41 bits per heavy atom. The van der Waals surface area contributed by atoms with Crippen LogP contribution in [0.1, 0.15) is 6.92 Å². The number of halogens is 2. The van der Waals surface area contributed by atoms with Crippen LogP contribution in [0.4, 0.5) is 17.1 Å². The molecule has 1 fully saturated rings. The van der Waals surface area contributed by atoms with Crippen LogP contribution < -0.4 is 14.5 Å². The van der Waals surface area contributed by atoms with Gasteiger partial charge in [-0.25, -0.2) is 0 Å². The van der Waals surface area contributed by atoms with Gasteiger partial charge in [0, 0.05) is 5.69 Å². The van der Waals surface area contributed by atoms with E-state index in [1.165, 1.54) is 9.80 Å². The van der Waals surface area contributed by atoms with E-state index in [2.05, 4.69) is 10.2 Å². The zero-order valence-electron chi connectivity index (χ0n) is 18.0. The highest BCUT2D eigenvalue weighted by molar-refractivity contribution is 7.81. The minimum atomic E-state index is -1.39. The molecule has 0 radical (unpaired) electrons. The van der Waals surface area contributed by atoms with Crippen LogP contribution in [0.5, 0.6) is 5.75 Å². The first-order valence-corrected chi connectivity index (χ1v) is 11.6. The maximum Gasteiger partial charge on any atom is 0.264 e. The van der Waals surface area contributed by atoms with Crippen molar-refractivity contribution in [2.45, 2.75) is 19.2 Å². The third-order valence-corrected chi connectivity index (χ3v) is 6.26. The minimum absolute atomic E-state index is 0.0420. The lowest BCUT2D eigenvalue weighted by molar-refractivity contribution is -0.121. The number of ether oxygens (including phenoxy) is 1. The Morgan fingerprint density at radius 1 is 1.03 bits per heavy atom. The lowest BCUT2D eigenvalue weighted by atomic mass is 10.1. The third-order valence-electron chi connectivity index (χ3n) is 5.07. The summed E-state index contributed by atoms with van der Waals surface area (Å²) >= 11 is 18.2. The quantitative estimate of drug-likeness (QED) is 0.322. The summed E-state index contributed by atoms with van der Waals surface area (Å²) in [5, 5.41) is 20.0. The van der Waals surface area contributed by atoms with E-state index < -0.39 is 18.2 Å². The summed E-state index contributed by atoms with van der Waals surface area (Å²) in [7, 11) is 0. The summed E-state index contributed by atoms with van der Waals surface area (Å²) in [6.07, 6.45) is -1.39. The summed E-state index contributed by atoms with van der Waals surface area (Å²) in [5.41, 5.74) is 1.37. The Labute approximate surface area is 212 Å². The molecular formula is C24H20Cl2N4O3S. The van der Waals surface area contributed by atoms with Gasteiger partial charge in [0.05, 0.1) is 28.0 Å². The van der Waals surface area contributed by atoms with Crippen LogP contribution in [0.25, 0.3) is 0 Å². The third kappa shape index (κ3) is 4.76. The number of rotatable bonds is 6. The van der Waals surface area contributed by atoms with Crippen molar-refractivity contribution < 1.29 is 14.6 Å². The Bertz CT molecular complexity index is 1220. The molecule has 10 heteroatoms. The van der Waals surface area contributed by atoms with Crippen molar-refractivity contribution >= 4 is 63.5 Å². The molecule has 0 spiro atoms. The molecule has 3 aromatic carbocycles. The molecule has 4 rings (SSSR count). The van der Waals surface area contributed by atoms with Crippen molar-refractivity contribution in [3.8, 4) is 5.75 Å². The summed E-state index contributed by atoms with van der Waals surface area (Å²) in [6.45, 7) is 2.44. The second-order valence-corrected chi connectivity index (χ2v) is 8.39. The fourth-order valence-electron chi connectivity index (χ4n) is 3.47. The van der Waals surface area contributed by atoms with Gasteiger partial charge in [0.15, 0.2) is 17.4 Å². The summed E-state index contributed by atoms with van der Waals surface area (Å²) in [6, 6.07) is 19.5. The molecule has 1 amide bonds. The fraction of sp³-hybridized carbons (Fsp3) is 0.167. The second-order valence-electron chi connectivity index (χ2n) is 7.24. The van der Waals surface area contributed by atoms with Crippen molar-refractivity contribution in [3.05, 3.63) is 82.8 Å². The van der Waals surface area contributed by atoms with Crippen molar-refractivity contribution in [2.24, 2.45) is 10.2 Å². The first kappa shape index (κ1) is 24.1. The Balaban J connectivity index is 1.74. The molecule has 174 valence electrons. The number of aliphatic hydroxyl groups excluding tert-OH is 1. The van der Waals surface area contributed by atoms with Gasteiger partial charge in [0.1, 0.15) is 5.75 Å². The first-order chi connectivity index (χ1) is 16.4. The van der Waals surface area contributed by atoms with Crippen LogP contribution in [0.2, 0.25) is 10.0 Å². The molecule has 1 N–H and O–H groups in total. The number of benzene rings is 3. The van der Waals surface area contributed by atoms with E-state index in [-0.39, 0.29) is 15.2 Å². The van der Waals surface area contributed by atoms with Gasteiger partial charge in [-0.05, 0) is 67.7 Å². The number of hydrogen-bond donors (Lipinski definition) is 1. The SMILES string of the molecule is CCOc1ccc(N=NC2C(=O)N(c3cccc(Cl)c3Cl)C(=S)N(c3ccccc3)C2O)cc1. The highest BCUT2D eigenvalue weighted by Gasteiger charge is 2.46. The summed E-state index contributed by atoms with van der Waals surface area (Å²) in [4.78, 5) is 16.2. The Morgan fingerprint density at radius 2 is 1.74 bits per heavy atom. The zero-order valence-corrected chi connectivity index (χ0v) is 20.3. The van der Waals surface area contributed by atoms with Crippen LogP contribution >= 0.6 is 35.4 Å². The standard InChI is InChI=1S/C24H20Cl2N4O3S/c1-2-33-17-13-11-15(12-14-17)27-28-21-22(31)29(16-7-4-3-5-8-16)24(34)30(23(21)32)19-10-6-9-18(25)20(19)26/h3-14,21-22,31H,2H2,1H3. The van der Waals surface area contributed by atoms with Gasteiger partial charge in [-0.15, -0.1) is 0 Å². The number of carbonyl (C=O) groups is 1. The second kappa shape index (κ2) is 10.5. The number of nitrogens with zero attached hydrogens (tertiary/aromatic N) is 4. The highest BCUT2D eigenvalue weighted by Crippen LogP contribution is 2.37. The molecule has 0 aliphatic carbocycles. The van der Waals surface area contributed by atoms with E-state index in [0.717, 1.165) is 0 Å². The van der Waals surface area contributed by atoms with Gasteiger partial charge >= 0.3 is 0 Å². The monoisotopic (exact) mass is 514 g/mol. The minimum Gasteiger partial charge on any atom is -0.494 e. The van der Waals surface area contributed by atoms with Crippen LogP contribution in [0, 0.1) is 0 Å². The van der Waals surface area contributed by atoms with Gasteiger partial charge in [-0.3, -0.25) is 14.6 Å². The van der Waals surface area contributed by atoms with E-state index in [1.807, 2.05) is 13.0 Å². The number of thiocarbonyl (C=S) groups is 1. The van der Waals surface area contributed by atoms with Crippen LogP contribution in [-0.2, 0) is 4.79 Å². The molecule has 7 nitrogen and oxygen atoms in total. The molecule has 1 saturated heterocycles. The lowest BCUT2D eigenvalue weighted by Gasteiger charge is -2.42. The van der Waals surface area contributed by atoms with Gasteiger partial charge in [0.25, 0.3) is 5.91 Å². The number of anilines is 2. The smallest absolute Gasteiger partial charge is 0.264 e. The number of carbonyl (C=O) groups excluding carboxylic acids is 1. The summed E-state index contributed by atoms with van der Waals surface area (Å²) in [5.74, 6) is 0.112. The number of aliphatic hydroxyl groups is 1. The Hall–Kier alpha value is -3.04. The number of azo groups is 1.